The Hall–Kier alpha value is -1.06. The van der Waals surface area contributed by atoms with Gasteiger partial charge < -0.3 is 10.6 Å². The van der Waals surface area contributed by atoms with Crippen LogP contribution in [0.25, 0.3) is 0 Å². The summed E-state index contributed by atoms with van der Waals surface area (Å²) in [6, 6.07) is 9.89. The van der Waals surface area contributed by atoms with Crippen molar-refractivity contribution in [3.8, 4) is 0 Å². The van der Waals surface area contributed by atoms with Crippen molar-refractivity contribution in [3.05, 3.63) is 35.9 Å². The number of benzene rings is 1. The van der Waals surface area contributed by atoms with Crippen LogP contribution in [0.15, 0.2) is 30.3 Å². The minimum absolute atomic E-state index is 0. The molecule has 0 aromatic heterocycles. The first-order chi connectivity index (χ1) is 8.59. The number of rotatable bonds is 7. The second-order valence-corrected chi connectivity index (χ2v) is 5.00. The number of halogens is 1. The summed E-state index contributed by atoms with van der Waals surface area (Å²) in [7, 11) is 0. The maximum atomic E-state index is 12.2. The summed E-state index contributed by atoms with van der Waals surface area (Å²) in [6.45, 7) is 8.54. The Bertz CT molecular complexity index is 366. The van der Waals surface area contributed by atoms with Crippen LogP contribution >= 0.6 is 12.4 Å². The Morgan fingerprint density at radius 1 is 1.11 bits per heavy atom. The van der Waals surface area contributed by atoms with Gasteiger partial charge in [0, 0.05) is 13.1 Å². The summed E-state index contributed by atoms with van der Waals surface area (Å²) >= 11 is 0. The summed E-state index contributed by atoms with van der Waals surface area (Å²) < 4.78 is 0. The molecule has 0 aliphatic heterocycles. The van der Waals surface area contributed by atoms with E-state index in [1.54, 1.807) is 0 Å². The molecule has 0 radical (unpaired) electrons. The highest BCUT2D eigenvalue weighted by Crippen LogP contribution is 2.22. The SMILES string of the molecule is CCCNCCNC(=O)C(C)(C)c1ccccc1.Cl. The van der Waals surface area contributed by atoms with E-state index in [1.165, 1.54) is 0 Å². The lowest BCUT2D eigenvalue weighted by Crippen LogP contribution is -2.42. The molecule has 0 heterocycles. The molecule has 1 amide bonds. The number of amides is 1. The highest BCUT2D eigenvalue weighted by Gasteiger charge is 2.28. The maximum absolute atomic E-state index is 12.2. The van der Waals surface area contributed by atoms with Crippen molar-refractivity contribution in [2.75, 3.05) is 19.6 Å². The van der Waals surface area contributed by atoms with Crippen molar-refractivity contribution < 1.29 is 4.79 Å². The molecule has 0 fully saturated rings. The Kier molecular flexibility index (Phi) is 8.44. The fourth-order valence-electron chi connectivity index (χ4n) is 1.77. The predicted octanol–water partition coefficient (Wildman–Crippen LogP) is 2.50. The number of nitrogens with one attached hydrogen (secondary N) is 2. The van der Waals surface area contributed by atoms with Crippen LogP contribution in [0.4, 0.5) is 0 Å². The summed E-state index contributed by atoms with van der Waals surface area (Å²) in [6.07, 6.45) is 1.11. The average Bonchev–Trinajstić information content (AvgIpc) is 2.39. The molecule has 0 atom stereocenters. The summed E-state index contributed by atoms with van der Waals surface area (Å²) in [5.74, 6) is 0.0759. The summed E-state index contributed by atoms with van der Waals surface area (Å²) in [5.41, 5.74) is 0.565. The van der Waals surface area contributed by atoms with E-state index >= 15 is 0 Å². The molecule has 0 bridgehead atoms. The second kappa shape index (κ2) is 8.94. The third-order valence-electron chi connectivity index (χ3n) is 3.08. The van der Waals surface area contributed by atoms with Gasteiger partial charge in [0.25, 0.3) is 0 Å². The molecule has 0 aliphatic rings. The lowest BCUT2D eigenvalue weighted by Gasteiger charge is -2.24. The van der Waals surface area contributed by atoms with Crippen LogP contribution in [0.3, 0.4) is 0 Å². The molecular weight excluding hydrogens is 260 g/mol. The molecule has 3 nitrogen and oxygen atoms in total. The fourth-order valence-corrected chi connectivity index (χ4v) is 1.77. The van der Waals surface area contributed by atoms with E-state index in [0.717, 1.165) is 25.1 Å². The maximum Gasteiger partial charge on any atom is 0.230 e. The van der Waals surface area contributed by atoms with E-state index < -0.39 is 5.41 Å². The van der Waals surface area contributed by atoms with Gasteiger partial charge in [-0.25, -0.2) is 0 Å². The summed E-state index contributed by atoms with van der Waals surface area (Å²) in [5, 5.41) is 6.25. The smallest absolute Gasteiger partial charge is 0.230 e. The normalized spacial score (nSPS) is 10.7. The van der Waals surface area contributed by atoms with Crippen LogP contribution in [-0.4, -0.2) is 25.5 Å². The molecule has 0 saturated carbocycles. The van der Waals surface area contributed by atoms with Gasteiger partial charge >= 0.3 is 0 Å². The van der Waals surface area contributed by atoms with Crippen LogP contribution < -0.4 is 10.6 Å². The van der Waals surface area contributed by atoms with Gasteiger partial charge in [0.1, 0.15) is 0 Å². The number of hydrogen-bond donors (Lipinski definition) is 2. The van der Waals surface area contributed by atoms with Crippen LogP contribution in [0.5, 0.6) is 0 Å². The molecule has 0 aliphatic carbocycles. The molecule has 0 spiro atoms. The number of carbonyl (C=O) groups is 1. The van der Waals surface area contributed by atoms with E-state index in [0.29, 0.717) is 6.54 Å². The Morgan fingerprint density at radius 3 is 2.32 bits per heavy atom. The highest BCUT2D eigenvalue weighted by molar-refractivity contribution is 5.87. The van der Waals surface area contributed by atoms with E-state index in [2.05, 4.69) is 17.6 Å². The first-order valence-corrected chi connectivity index (χ1v) is 6.63. The third-order valence-corrected chi connectivity index (χ3v) is 3.08. The van der Waals surface area contributed by atoms with Crippen LogP contribution in [0, 0.1) is 0 Å². The Balaban J connectivity index is 0.00000324. The molecule has 1 aromatic carbocycles. The molecule has 19 heavy (non-hydrogen) atoms. The zero-order chi connectivity index (χ0) is 13.4. The largest absolute Gasteiger partial charge is 0.354 e. The van der Waals surface area contributed by atoms with Gasteiger partial charge in [-0.1, -0.05) is 37.3 Å². The first kappa shape index (κ1) is 17.9. The Morgan fingerprint density at radius 2 is 1.74 bits per heavy atom. The van der Waals surface area contributed by atoms with Crippen LogP contribution in [0.1, 0.15) is 32.8 Å². The quantitative estimate of drug-likeness (QED) is 0.756. The van der Waals surface area contributed by atoms with Crippen molar-refractivity contribution in [3.63, 3.8) is 0 Å². The van der Waals surface area contributed by atoms with Gasteiger partial charge in [0.2, 0.25) is 5.91 Å². The van der Waals surface area contributed by atoms with Crippen molar-refractivity contribution in [1.29, 1.82) is 0 Å². The average molecular weight is 285 g/mol. The molecule has 0 saturated heterocycles. The van der Waals surface area contributed by atoms with E-state index in [-0.39, 0.29) is 18.3 Å². The van der Waals surface area contributed by atoms with E-state index in [9.17, 15) is 4.79 Å². The first-order valence-electron chi connectivity index (χ1n) is 6.63. The van der Waals surface area contributed by atoms with Crippen molar-refractivity contribution >= 4 is 18.3 Å². The topological polar surface area (TPSA) is 41.1 Å². The van der Waals surface area contributed by atoms with Crippen molar-refractivity contribution in [2.45, 2.75) is 32.6 Å². The lowest BCUT2D eigenvalue weighted by atomic mass is 9.84. The molecule has 1 rings (SSSR count). The molecule has 2 N–H and O–H groups in total. The standard InChI is InChI=1S/C15H24N2O.ClH/c1-4-10-16-11-12-17-14(18)15(2,3)13-8-6-5-7-9-13;/h5-9,16H,4,10-12H2,1-3H3,(H,17,18);1H. The van der Waals surface area contributed by atoms with Crippen molar-refractivity contribution in [2.24, 2.45) is 0 Å². The minimum Gasteiger partial charge on any atom is -0.354 e. The second-order valence-electron chi connectivity index (χ2n) is 5.00. The van der Waals surface area contributed by atoms with E-state index in [1.807, 2.05) is 44.2 Å². The molecule has 0 unspecified atom stereocenters. The number of carbonyl (C=O) groups excluding carboxylic acids is 1. The Labute approximate surface area is 122 Å². The van der Waals surface area contributed by atoms with Gasteiger partial charge in [0.05, 0.1) is 5.41 Å². The fraction of sp³-hybridized carbons (Fsp3) is 0.533. The molecule has 108 valence electrons. The van der Waals surface area contributed by atoms with Crippen molar-refractivity contribution in [1.82, 2.24) is 10.6 Å². The van der Waals surface area contributed by atoms with Gasteiger partial charge in [-0.05, 0) is 32.4 Å². The van der Waals surface area contributed by atoms with Gasteiger partial charge in [-0.2, -0.15) is 0 Å². The number of hydrogen-bond acceptors (Lipinski definition) is 2. The zero-order valence-electron chi connectivity index (χ0n) is 12.0. The van der Waals surface area contributed by atoms with Crippen LogP contribution in [-0.2, 0) is 10.2 Å². The third kappa shape index (κ3) is 5.62. The summed E-state index contributed by atoms with van der Waals surface area (Å²) in [4.78, 5) is 12.2. The molecular formula is C15H25ClN2O. The molecule has 4 heteroatoms. The minimum atomic E-state index is -0.480. The van der Waals surface area contributed by atoms with Gasteiger partial charge in [-0.15, -0.1) is 12.4 Å². The zero-order valence-corrected chi connectivity index (χ0v) is 12.8. The monoisotopic (exact) mass is 284 g/mol. The predicted molar refractivity (Wildman–Crippen MR) is 82.9 cm³/mol. The lowest BCUT2D eigenvalue weighted by molar-refractivity contribution is -0.125. The van der Waals surface area contributed by atoms with E-state index in [4.69, 9.17) is 0 Å². The van der Waals surface area contributed by atoms with Gasteiger partial charge in [0.15, 0.2) is 0 Å². The van der Waals surface area contributed by atoms with Crippen LogP contribution in [0.2, 0.25) is 0 Å². The van der Waals surface area contributed by atoms with Gasteiger partial charge in [-0.3, -0.25) is 4.79 Å². The molecule has 1 aromatic rings. The highest BCUT2D eigenvalue weighted by atomic mass is 35.5.